The van der Waals surface area contributed by atoms with Crippen LogP contribution in [0.25, 0.3) is 11.3 Å². The lowest BCUT2D eigenvalue weighted by Gasteiger charge is -2.41. The first kappa shape index (κ1) is 19.4. The zero-order chi connectivity index (χ0) is 19.6. The van der Waals surface area contributed by atoms with Crippen molar-refractivity contribution in [2.45, 2.75) is 77.2 Å². The van der Waals surface area contributed by atoms with Gasteiger partial charge in [0, 0.05) is 11.0 Å². The lowest BCUT2D eigenvalue weighted by Crippen LogP contribution is -2.41. The Labute approximate surface area is 168 Å². The van der Waals surface area contributed by atoms with E-state index < -0.39 is 0 Å². The van der Waals surface area contributed by atoms with Crippen LogP contribution >= 0.6 is 0 Å². The Balaban J connectivity index is 1.80. The summed E-state index contributed by atoms with van der Waals surface area (Å²) in [5.74, 6) is 0.813. The van der Waals surface area contributed by atoms with Crippen molar-refractivity contribution in [3.8, 4) is 11.3 Å². The van der Waals surface area contributed by atoms with Crippen LogP contribution in [0, 0.1) is 0 Å². The number of benzene rings is 1. The van der Waals surface area contributed by atoms with Gasteiger partial charge in [-0.2, -0.15) is 0 Å². The predicted octanol–water partition coefficient (Wildman–Crippen LogP) is 4.82. The average molecular weight is 380 g/mol. The van der Waals surface area contributed by atoms with E-state index >= 15 is 0 Å². The molecule has 1 heterocycles. The van der Waals surface area contributed by atoms with E-state index in [2.05, 4.69) is 48.0 Å². The number of aromatic amines is 1. The minimum atomic E-state index is -0.0203. The number of aromatic nitrogens is 2. The Morgan fingerprint density at radius 1 is 1.07 bits per heavy atom. The largest absolute Gasteiger partial charge is 0.309 e. The van der Waals surface area contributed by atoms with Crippen molar-refractivity contribution < 1.29 is 0 Å². The van der Waals surface area contributed by atoms with Gasteiger partial charge in [0.25, 0.3) is 5.56 Å². The Hall–Kier alpha value is -1.94. The zero-order valence-electron chi connectivity index (χ0n) is 17.4. The lowest BCUT2D eigenvalue weighted by molar-refractivity contribution is 0.258. The molecule has 0 bridgehead atoms. The molecule has 28 heavy (non-hydrogen) atoms. The maximum atomic E-state index is 13.4. The first-order chi connectivity index (χ1) is 13.7. The number of hydrogen-bond acceptors (Lipinski definition) is 3. The van der Waals surface area contributed by atoms with Gasteiger partial charge in [0.05, 0.1) is 17.8 Å². The van der Waals surface area contributed by atoms with E-state index in [1.165, 1.54) is 30.4 Å². The third-order valence-electron chi connectivity index (χ3n) is 6.56. The molecule has 1 spiro atoms. The van der Waals surface area contributed by atoms with Gasteiger partial charge in [-0.15, -0.1) is 0 Å². The lowest BCUT2D eigenvalue weighted by atomic mass is 9.62. The summed E-state index contributed by atoms with van der Waals surface area (Å²) in [5.41, 5.74) is 4.53. The maximum Gasteiger partial charge on any atom is 0.255 e. The van der Waals surface area contributed by atoms with Crippen LogP contribution in [0.2, 0.25) is 0 Å². The van der Waals surface area contributed by atoms with Gasteiger partial charge in [-0.25, -0.2) is 4.98 Å². The van der Waals surface area contributed by atoms with Crippen LogP contribution < -0.4 is 5.56 Å². The summed E-state index contributed by atoms with van der Waals surface area (Å²) in [6.07, 6.45) is 9.13. The minimum Gasteiger partial charge on any atom is -0.309 e. The van der Waals surface area contributed by atoms with Crippen LogP contribution in [0.5, 0.6) is 0 Å². The highest BCUT2D eigenvalue weighted by Gasteiger charge is 2.42. The molecule has 0 aliphatic heterocycles. The molecule has 150 valence electrons. The van der Waals surface area contributed by atoms with E-state index in [0.717, 1.165) is 68.8 Å². The number of hydrogen-bond donors (Lipinski definition) is 1. The van der Waals surface area contributed by atoms with Crippen LogP contribution in [-0.2, 0) is 18.4 Å². The summed E-state index contributed by atoms with van der Waals surface area (Å²) in [6, 6.07) is 8.58. The Morgan fingerprint density at radius 2 is 1.79 bits per heavy atom. The Bertz CT molecular complexity index is 874. The Morgan fingerprint density at radius 3 is 2.50 bits per heavy atom. The molecule has 1 aromatic carbocycles. The second-order valence-corrected chi connectivity index (χ2v) is 8.69. The number of fused-ring (bicyclic) bond motifs is 4. The molecule has 2 aliphatic rings. The molecule has 0 amide bonds. The van der Waals surface area contributed by atoms with Gasteiger partial charge in [-0.3, -0.25) is 9.69 Å². The molecule has 2 aromatic rings. The average Bonchev–Trinajstić information content (AvgIpc) is 2.69. The highest BCUT2D eigenvalue weighted by molar-refractivity contribution is 5.71. The van der Waals surface area contributed by atoms with Crippen molar-refractivity contribution >= 4 is 0 Å². The van der Waals surface area contributed by atoms with Crippen LogP contribution in [0.3, 0.4) is 0 Å². The summed E-state index contributed by atoms with van der Waals surface area (Å²) in [7, 11) is 0. The molecule has 4 heteroatoms. The SMILES string of the molecule is CCCN(CCC)Cc1nc2c(c(=O)[nH]1)C1(CCCCC1)Cc1ccccc1-2. The van der Waals surface area contributed by atoms with Gasteiger partial charge in [-0.05, 0) is 50.8 Å². The highest BCUT2D eigenvalue weighted by atomic mass is 16.1. The summed E-state index contributed by atoms with van der Waals surface area (Å²) in [5, 5.41) is 0. The quantitative estimate of drug-likeness (QED) is 0.783. The molecule has 2 aliphatic carbocycles. The van der Waals surface area contributed by atoms with Gasteiger partial charge < -0.3 is 4.98 Å². The summed E-state index contributed by atoms with van der Waals surface area (Å²) < 4.78 is 0. The van der Waals surface area contributed by atoms with Crippen LogP contribution in [0.4, 0.5) is 0 Å². The molecule has 0 unspecified atom stereocenters. The number of nitrogens with one attached hydrogen (secondary N) is 1. The summed E-state index contributed by atoms with van der Waals surface area (Å²) >= 11 is 0. The molecular formula is C24H33N3O. The highest BCUT2D eigenvalue weighted by Crippen LogP contribution is 2.48. The number of nitrogens with zero attached hydrogens (tertiary/aromatic N) is 2. The molecular weight excluding hydrogens is 346 g/mol. The fourth-order valence-electron chi connectivity index (χ4n) is 5.41. The van der Waals surface area contributed by atoms with E-state index in [1.54, 1.807) is 0 Å². The zero-order valence-corrected chi connectivity index (χ0v) is 17.4. The predicted molar refractivity (Wildman–Crippen MR) is 115 cm³/mol. The maximum absolute atomic E-state index is 13.4. The van der Waals surface area contributed by atoms with E-state index in [0.29, 0.717) is 0 Å². The molecule has 4 rings (SSSR count). The Kier molecular flexibility index (Phi) is 5.68. The first-order valence-electron chi connectivity index (χ1n) is 11.1. The van der Waals surface area contributed by atoms with Crippen LogP contribution in [0.1, 0.15) is 75.7 Å². The second-order valence-electron chi connectivity index (χ2n) is 8.69. The molecule has 4 nitrogen and oxygen atoms in total. The van der Waals surface area contributed by atoms with Crippen molar-refractivity contribution in [3.05, 3.63) is 51.6 Å². The fraction of sp³-hybridized carbons (Fsp3) is 0.583. The molecule has 1 saturated carbocycles. The van der Waals surface area contributed by atoms with E-state index in [1.807, 2.05) is 0 Å². The molecule has 0 atom stereocenters. The van der Waals surface area contributed by atoms with E-state index in [-0.39, 0.29) is 11.0 Å². The monoisotopic (exact) mass is 379 g/mol. The second kappa shape index (κ2) is 8.20. The number of rotatable bonds is 6. The third-order valence-corrected chi connectivity index (χ3v) is 6.56. The van der Waals surface area contributed by atoms with Gasteiger partial charge in [0.1, 0.15) is 5.82 Å². The van der Waals surface area contributed by atoms with Crippen molar-refractivity contribution in [1.82, 2.24) is 14.9 Å². The topological polar surface area (TPSA) is 49.0 Å². The molecule has 0 radical (unpaired) electrons. The van der Waals surface area contributed by atoms with Crippen molar-refractivity contribution in [2.24, 2.45) is 0 Å². The van der Waals surface area contributed by atoms with Crippen molar-refractivity contribution in [2.75, 3.05) is 13.1 Å². The third kappa shape index (κ3) is 3.55. The summed E-state index contributed by atoms with van der Waals surface area (Å²) in [4.78, 5) is 24.0. The van der Waals surface area contributed by atoms with E-state index in [9.17, 15) is 4.79 Å². The minimum absolute atomic E-state index is 0.0203. The first-order valence-corrected chi connectivity index (χ1v) is 11.1. The molecule has 0 saturated heterocycles. The molecule has 1 fully saturated rings. The van der Waals surface area contributed by atoms with Gasteiger partial charge in [0.2, 0.25) is 0 Å². The summed E-state index contributed by atoms with van der Waals surface area (Å²) in [6.45, 7) is 7.20. The van der Waals surface area contributed by atoms with Crippen LogP contribution in [0.15, 0.2) is 29.1 Å². The standard InChI is InChI=1S/C24H33N3O/c1-3-14-27(15-4-2)17-20-25-22-19-11-7-6-10-18(19)16-24(12-8-5-9-13-24)21(22)23(28)26-20/h6-7,10-11H,3-5,8-9,12-17H2,1-2H3,(H,25,26,28). The fourth-order valence-corrected chi connectivity index (χ4v) is 5.41. The normalized spacial score (nSPS) is 17.5. The molecule has 1 aromatic heterocycles. The van der Waals surface area contributed by atoms with Gasteiger partial charge in [-0.1, -0.05) is 57.4 Å². The van der Waals surface area contributed by atoms with Crippen LogP contribution in [-0.4, -0.2) is 28.0 Å². The van der Waals surface area contributed by atoms with Crippen molar-refractivity contribution in [3.63, 3.8) is 0 Å². The number of H-pyrrole nitrogens is 1. The van der Waals surface area contributed by atoms with E-state index in [4.69, 9.17) is 4.98 Å². The van der Waals surface area contributed by atoms with Gasteiger partial charge >= 0.3 is 0 Å². The molecule has 1 N–H and O–H groups in total. The smallest absolute Gasteiger partial charge is 0.255 e. The van der Waals surface area contributed by atoms with Crippen molar-refractivity contribution in [1.29, 1.82) is 0 Å². The van der Waals surface area contributed by atoms with Gasteiger partial charge in [0.15, 0.2) is 0 Å².